The minimum absolute atomic E-state index is 0.0216. The number of hydrogen-bond acceptors (Lipinski definition) is 7. The fourth-order valence-electron chi connectivity index (χ4n) is 4.29. The third-order valence-corrected chi connectivity index (χ3v) is 5.93. The van der Waals surface area contributed by atoms with Crippen molar-refractivity contribution in [3.63, 3.8) is 0 Å². The van der Waals surface area contributed by atoms with Crippen molar-refractivity contribution < 1.29 is 23.9 Å². The third kappa shape index (κ3) is 5.94. The van der Waals surface area contributed by atoms with Gasteiger partial charge in [-0.05, 0) is 51.2 Å². The smallest absolute Gasteiger partial charge is 0.420 e. The quantitative estimate of drug-likeness (QED) is 0.590. The van der Waals surface area contributed by atoms with Crippen LogP contribution < -0.4 is 10.6 Å². The number of rotatable bonds is 7. The third-order valence-electron chi connectivity index (χ3n) is 5.93. The van der Waals surface area contributed by atoms with E-state index in [1.807, 2.05) is 13.8 Å². The highest BCUT2D eigenvalue weighted by Crippen LogP contribution is 2.26. The average molecular weight is 473 g/mol. The molecular weight excluding hydrogens is 436 g/mol. The number of fused-ring (bicyclic) bond motifs is 1. The van der Waals surface area contributed by atoms with E-state index in [1.165, 1.54) is 17.9 Å². The Labute approximate surface area is 200 Å². The Morgan fingerprint density at radius 2 is 1.88 bits per heavy atom. The van der Waals surface area contributed by atoms with Gasteiger partial charge in [-0.2, -0.15) is 0 Å². The number of esters is 1. The number of aromatic nitrogens is 2. The van der Waals surface area contributed by atoms with Crippen molar-refractivity contribution in [1.29, 1.82) is 0 Å². The van der Waals surface area contributed by atoms with Crippen molar-refractivity contribution in [1.82, 2.24) is 20.2 Å². The van der Waals surface area contributed by atoms with E-state index in [0.29, 0.717) is 17.6 Å². The molecule has 0 unspecified atom stereocenters. The summed E-state index contributed by atoms with van der Waals surface area (Å²) in [5, 5.41) is 7.00. The van der Waals surface area contributed by atoms with E-state index in [2.05, 4.69) is 15.6 Å². The van der Waals surface area contributed by atoms with Gasteiger partial charge in [0, 0.05) is 30.4 Å². The van der Waals surface area contributed by atoms with Crippen LogP contribution in [0.25, 0.3) is 11.0 Å². The minimum atomic E-state index is -0.713. The molecule has 1 saturated carbocycles. The Bertz CT molecular complexity index is 1050. The van der Waals surface area contributed by atoms with Crippen LogP contribution in [0.5, 0.6) is 0 Å². The summed E-state index contributed by atoms with van der Waals surface area (Å²) in [6.07, 6.45) is 6.65. The molecule has 2 N–H and O–H groups in total. The van der Waals surface area contributed by atoms with Gasteiger partial charge in [0.2, 0.25) is 5.91 Å². The van der Waals surface area contributed by atoms with E-state index in [-0.39, 0.29) is 23.4 Å². The van der Waals surface area contributed by atoms with Crippen molar-refractivity contribution in [3.8, 4) is 0 Å². The number of methoxy groups -OCH3 is 1. The summed E-state index contributed by atoms with van der Waals surface area (Å²) >= 11 is 0. The predicted octanol–water partition coefficient (Wildman–Crippen LogP) is 3.78. The van der Waals surface area contributed by atoms with E-state index in [1.54, 1.807) is 33.0 Å². The molecule has 1 aliphatic carbocycles. The zero-order valence-electron chi connectivity index (χ0n) is 20.9. The molecule has 0 radical (unpaired) electrons. The number of nitrogens with zero attached hydrogens (tertiary/aromatic N) is 2. The van der Waals surface area contributed by atoms with Gasteiger partial charge in [-0.25, -0.2) is 19.1 Å². The SMILES string of the molecule is COC(=O)c1cn(C(=O)OC(C)(C)C)c2nccc(CN[C@@H](C(=O)NC3CCCC3)C(C)C)c12. The van der Waals surface area contributed by atoms with E-state index in [4.69, 9.17) is 9.47 Å². The van der Waals surface area contributed by atoms with Gasteiger partial charge in [-0.3, -0.25) is 4.79 Å². The highest BCUT2D eigenvalue weighted by atomic mass is 16.6. The summed E-state index contributed by atoms with van der Waals surface area (Å²) in [5.74, 6) is -0.544. The van der Waals surface area contributed by atoms with Gasteiger partial charge in [-0.15, -0.1) is 0 Å². The van der Waals surface area contributed by atoms with Crippen molar-refractivity contribution in [2.75, 3.05) is 7.11 Å². The fraction of sp³-hybridized carbons (Fsp3) is 0.600. The maximum Gasteiger partial charge on any atom is 0.420 e. The normalized spacial score (nSPS) is 15.5. The molecule has 186 valence electrons. The lowest BCUT2D eigenvalue weighted by molar-refractivity contribution is -0.124. The molecule has 1 amide bonds. The second-order valence-electron chi connectivity index (χ2n) is 10.1. The Morgan fingerprint density at radius 1 is 1.21 bits per heavy atom. The first-order chi connectivity index (χ1) is 16.0. The van der Waals surface area contributed by atoms with Gasteiger partial charge >= 0.3 is 12.1 Å². The summed E-state index contributed by atoms with van der Waals surface area (Å²) in [6, 6.07) is 1.60. The minimum Gasteiger partial charge on any atom is -0.465 e. The number of ether oxygens (including phenoxy) is 2. The number of hydrogen-bond donors (Lipinski definition) is 2. The molecule has 1 fully saturated rings. The van der Waals surface area contributed by atoms with Crippen LogP contribution in [-0.4, -0.2) is 52.3 Å². The highest BCUT2D eigenvalue weighted by Gasteiger charge is 2.28. The van der Waals surface area contributed by atoms with Gasteiger partial charge < -0.3 is 20.1 Å². The molecule has 1 aliphatic rings. The van der Waals surface area contributed by atoms with Crippen LogP contribution >= 0.6 is 0 Å². The van der Waals surface area contributed by atoms with E-state index in [0.717, 1.165) is 31.2 Å². The van der Waals surface area contributed by atoms with Gasteiger partial charge in [0.25, 0.3) is 0 Å². The first kappa shape index (κ1) is 25.7. The van der Waals surface area contributed by atoms with Crippen molar-refractivity contribution in [2.24, 2.45) is 5.92 Å². The van der Waals surface area contributed by atoms with E-state index >= 15 is 0 Å². The molecule has 0 saturated heterocycles. The highest BCUT2D eigenvalue weighted by molar-refractivity contribution is 6.06. The maximum atomic E-state index is 12.9. The molecule has 34 heavy (non-hydrogen) atoms. The Kier molecular flexibility index (Phi) is 7.97. The zero-order chi connectivity index (χ0) is 25.0. The van der Waals surface area contributed by atoms with Crippen LogP contribution in [0.3, 0.4) is 0 Å². The molecule has 9 nitrogen and oxygen atoms in total. The number of pyridine rings is 1. The Hall–Kier alpha value is -2.94. The molecule has 1 atom stereocenters. The van der Waals surface area contributed by atoms with Gasteiger partial charge in [0.1, 0.15) is 5.60 Å². The van der Waals surface area contributed by atoms with Crippen LogP contribution in [0.1, 0.15) is 76.2 Å². The number of amides is 1. The average Bonchev–Trinajstić information content (AvgIpc) is 3.40. The van der Waals surface area contributed by atoms with E-state index in [9.17, 15) is 14.4 Å². The lowest BCUT2D eigenvalue weighted by Crippen LogP contribution is -2.49. The first-order valence-electron chi connectivity index (χ1n) is 11.9. The molecule has 2 aromatic heterocycles. The lowest BCUT2D eigenvalue weighted by Gasteiger charge is -2.24. The summed E-state index contributed by atoms with van der Waals surface area (Å²) in [5.41, 5.74) is 0.525. The predicted molar refractivity (Wildman–Crippen MR) is 129 cm³/mol. The van der Waals surface area contributed by atoms with Crippen LogP contribution in [-0.2, 0) is 20.8 Å². The maximum absolute atomic E-state index is 12.9. The lowest BCUT2D eigenvalue weighted by atomic mass is 10.0. The van der Waals surface area contributed by atoms with Crippen molar-refractivity contribution in [3.05, 3.63) is 29.6 Å². The molecule has 0 aliphatic heterocycles. The Morgan fingerprint density at radius 3 is 2.47 bits per heavy atom. The first-order valence-corrected chi connectivity index (χ1v) is 11.9. The molecule has 2 heterocycles. The molecule has 0 spiro atoms. The zero-order valence-corrected chi connectivity index (χ0v) is 20.9. The van der Waals surface area contributed by atoms with Crippen LogP contribution in [0.15, 0.2) is 18.5 Å². The van der Waals surface area contributed by atoms with Gasteiger partial charge in [-0.1, -0.05) is 26.7 Å². The van der Waals surface area contributed by atoms with Crippen molar-refractivity contribution in [2.45, 2.75) is 84.5 Å². The fourth-order valence-corrected chi connectivity index (χ4v) is 4.29. The van der Waals surface area contributed by atoms with E-state index < -0.39 is 23.7 Å². The number of carbonyl (C=O) groups excluding carboxylic acids is 3. The second-order valence-corrected chi connectivity index (χ2v) is 10.1. The molecule has 3 rings (SSSR count). The Balaban J connectivity index is 1.91. The molecule has 0 aromatic carbocycles. The topological polar surface area (TPSA) is 112 Å². The number of nitrogens with one attached hydrogen (secondary N) is 2. The largest absolute Gasteiger partial charge is 0.465 e. The molecule has 0 bridgehead atoms. The van der Waals surface area contributed by atoms with Crippen LogP contribution in [0, 0.1) is 5.92 Å². The molecule has 2 aromatic rings. The summed E-state index contributed by atoms with van der Waals surface area (Å²) in [4.78, 5) is 42.6. The summed E-state index contributed by atoms with van der Waals surface area (Å²) in [7, 11) is 1.29. The summed E-state index contributed by atoms with van der Waals surface area (Å²) in [6.45, 7) is 9.60. The van der Waals surface area contributed by atoms with Crippen molar-refractivity contribution >= 4 is 29.0 Å². The second kappa shape index (κ2) is 10.5. The molecular formula is C25H36N4O5. The van der Waals surface area contributed by atoms with Gasteiger partial charge in [0.05, 0.1) is 18.7 Å². The van der Waals surface area contributed by atoms with Crippen LogP contribution in [0.4, 0.5) is 4.79 Å². The van der Waals surface area contributed by atoms with Crippen LogP contribution in [0.2, 0.25) is 0 Å². The monoisotopic (exact) mass is 472 g/mol. The van der Waals surface area contributed by atoms with Gasteiger partial charge in [0.15, 0.2) is 5.65 Å². The summed E-state index contributed by atoms with van der Waals surface area (Å²) < 4.78 is 11.7. The molecule has 9 heteroatoms. The standard InChI is InChI=1S/C25H36N4O5/c1-15(2)20(22(30)28-17-9-7-8-10-17)27-13-16-11-12-26-21-19(16)18(23(31)33-6)14-29(21)24(32)34-25(3,4)5/h11-12,14-15,17,20,27H,7-10,13H2,1-6H3,(H,28,30)/t20-/m1/s1. The number of carbonyl (C=O) groups is 3.